The highest BCUT2D eigenvalue weighted by Crippen LogP contribution is 2.44. The third kappa shape index (κ3) is 5.87. The van der Waals surface area contributed by atoms with E-state index in [1.807, 2.05) is 13.0 Å². The van der Waals surface area contributed by atoms with Crippen LogP contribution in [0.4, 0.5) is 5.13 Å². The van der Waals surface area contributed by atoms with Crippen molar-refractivity contribution in [2.24, 2.45) is 5.92 Å². The first-order valence-corrected chi connectivity index (χ1v) is 12.7. The first-order valence-electron chi connectivity index (χ1n) is 10.7. The van der Waals surface area contributed by atoms with Gasteiger partial charge in [-0.1, -0.05) is 58.4 Å². The molecule has 4 rings (SSSR count). The van der Waals surface area contributed by atoms with Gasteiger partial charge < -0.3 is 9.64 Å². The number of aromatic nitrogens is 1. The lowest BCUT2D eigenvalue weighted by atomic mass is 9.99. The monoisotopic (exact) mass is 564 g/mol. The molecule has 0 unspecified atom stereocenters. The number of rotatable bonds is 8. The SMILES string of the molecule is C#CCN(c1nc(-c2cc(C)c(OC)cc2Cl)c(C)s1)[C@@H](CC1CC1)c1ccc(Br)cc1.Cl. The Hall–Kier alpha value is -1.71. The number of methoxy groups -OCH3 is 1. The van der Waals surface area contributed by atoms with Gasteiger partial charge in [-0.2, -0.15) is 0 Å². The molecule has 7 heteroatoms. The lowest BCUT2D eigenvalue weighted by Crippen LogP contribution is -2.29. The Balaban J connectivity index is 0.00000306. The molecule has 0 spiro atoms. The molecule has 0 saturated heterocycles. The van der Waals surface area contributed by atoms with Crippen LogP contribution in [0.5, 0.6) is 5.75 Å². The number of thiazole rings is 1. The average molecular weight is 566 g/mol. The molecule has 1 aliphatic carbocycles. The summed E-state index contributed by atoms with van der Waals surface area (Å²) in [4.78, 5) is 8.47. The highest BCUT2D eigenvalue weighted by molar-refractivity contribution is 9.10. The molecule has 2 aromatic carbocycles. The molecule has 0 amide bonds. The largest absolute Gasteiger partial charge is 0.496 e. The number of nitrogens with zero attached hydrogens (tertiary/aromatic N) is 2. The lowest BCUT2D eigenvalue weighted by molar-refractivity contribution is 0.412. The fourth-order valence-corrected chi connectivity index (χ4v) is 5.51. The van der Waals surface area contributed by atoms with Crippen molar-refractivity contribution >= 4 is 56.4 Å². The molecule has 3 aromatic rings. The van der Waals surface area contributed by atoms with Crippen LogP contribution in [0.3, 0.4) is 0 Å². The minimum absolute atomic E-state index is 0. The summed E-state index contributed by atoms with van der Waals surface area (Å²) in [5, 5.41) is 1.58. The molecule has 1 saturated carbocycles. The number of hydrogen-bond donors (Lipinski definition) is 0. The van der Waals surface area contributed by atoms with Gasteiger partial charge in [0.15, 0.2) is 5.13 Å². The molecule has 33 heavy (non-hydrogen) atoms. The van der Waals surface area contributed by atoms with Gasteiger partial charge in [-0.15, -0.1) is 30.2 Å². The summed E-state index contributed by atoms with van der Waals surface area (Å²) in [6, 6.07) is 12.7. The second-order valence-corrected chi connectivity index (χ2v) is 10.8. The van der Waals surface area contributed by atoms with Crippen molar-refractivity contribution < 1.29 is 4.74 Å². The highest BCUT2D eigenvalue weighted by Gasteiger charge is 2.31. The lowest BCUT2D eigenvalue weighted by Gasteiger charge is -2.30. The van der Waals surface area contributed by atoms with E-state index in [0.717, 1.165) is 49.4 Å². The Kier molecular flexibility index (Phi) is 8.75. The van der Waals surface area contributed by atoms with Crippen LogP contribution in [0.25, 0.3) is 11.3 Å². The zero-order valence-corrected chi connectivity index (χ0v) is 22.9. The van der Waals surface area contributed by atoms with Gasteiger partial charge >= 0.3 is 0 Å². The predicted molar refractivity (Wildman–Crippen MR) is 146 cm³/mol. The van der Waals surface area contributed by atoms with Crippen molar-refractivity contribution in [3.63, 3.8) is 0 Å². The maximum absolute atomic E-state index is 6.62. The van der Waals surface area contributed by atoms with Crippen LogP contribution in [0.2, 0.25) is 5.02 Å². The number of hydrogen-bond acceptors (Lipinski definition) is 4. The van der Waals surface area contributed by atoms with Crippen molar-refractivity contribution in [2.45, 2.75) is 39.2 Å². The molecule has 1 aliphatic rings. The number of benzene rings is 2. The predicted octanol–water partition coefficient (Wildman–Crippen LogP) is 8.25. The fraction of sp³-hybridized carbons (Fsp3) is 0.346. The van der Waals surface area contributed by atoms with Crippen molar-refractivity contribution in [1.82, 2.24) is 4.98 Å². The van der Waals surface area contributed by atoms with Crippen molar-refractivity contribution in [3.05, 3.63) is 61.9 Å². The maximum Gasteiger partial charge on any atom is 0.187 e. The number of anilines is 1. The Morgan fingerprint density at radius 1 is 1.27 bits per heavy atom. The topological polar surface area (TPSA) is 25.4 Å². The quantitative estimate of drug-likeness (QED) is 0.257. The van der Waals surface area contributed by atoms with E-state index in [1.54, 1.807) is 18.4 Å². The van der Waals surface area contributed by atoms with Crippen LogP contribution >= 0.6 is 51.3 Å². The maximum atomic E-state index is 6.62. The Bertz CT molecular complexity index is 1150. The molecule has 3 nitrogen and oxygen atoms in total. The summed E-state index contributed by atoms with van der Waals surface area (Å²) < 4.78 is 6.49. The zero-order valence-electron chi connectivity index (χ0n) is 18.9. The van der Waals surface area contributed by atoms with Crippen LogP contribution in [-0.2, 0) is 0 Å². The minimum atomic E-state index is 0. The van der Waals surface area contributed by atoms with E-state index in [4.69, 9.17) is 27.7 Å². The van der Waals surface area contributed by atoms with Gasteiger partial charge in [-0.05, 0) is 61.6 Å². The van der Waals surface area contributed by atoms with E-state index in [2.05, 4.69) is 64.0 Å². The summed E-state index contributed by atoms with van der Waals surface area (Å²) in [5.74, 6) is 4.40. The van der Waals surface area contributed by atoms with Crippen molar-refractivity contribution in [2.75, 3.05) is 18.6 Å². The molecule has 0 bridgehead atoms. The van der Waals surface area contributed by atoms with Crippen LogP contribution in [-0.4, -0.2) is 18.6 Å². The van der Waals surface area contributed by atoms with Crippen LogP contribution in [0.15, 0.2) is 40.9 Å². The van der Waals surface area contributed by atoms with Gasteiger partial charge in [-0.3, -0.25) is 0 Å². The van der Waals surface area contributed by atoms with Gasteiger partial charge in [0, 0.05) is 14.9 Å². The molecule has 1 fully saturated rings. The van der Waals surface area contributed by atoms with E-state index in [0.29, 0.717) is 11.6 Å². The van der Waals surface area contributed by atoms with Gasteiger partial charge in [0.2, 0.25) is 0 Å². The van der Waals surface area contributed by atoms with Gasteiger partial charge in [0.25, 0.3) is 0 Å². The van der Waals surface area contributed by atoms with Gasteiger partial charge in [0.05, 0.1) is 30.4 Å². The highest BCUT2D eigenvalue weighted by atomic mass is 79.9. The second-order valence-electron chi connectivity index (χ2n) is 8.28. The first-order chi connectivity index (χ1) is 15.4. The van der Waals surface area contributed by atoms with E-state index in [9.17, 15) is 0 Å². The van der Waals surface area contributed by atoms with Crippen LogP contribution in [0.1, 0.15) is 41.3 Å². The molecule has 0 aliphatic heterocycles. The first kappa shape index (κ1) is 25.9. The number of aryl methyl sites for hydroxylation is 2. The van der Waals surface area contributed by atoms with Crippen LogP contribution in [0, 0.1) is 32.1 Å². The molecule has 1 aromatic heterocycles. The number of ether oxygens (including phenoxy) is 1. The minimum Gasteiger partial charge on any atom is -0.496 e. The van der Waals surface area contributed by atoms with Gasteiger partial charge in [0.1, 0.15) is 5.75 Å². The Morgan fingerprint density at radius 2 is 1.97 bits per heavy atom. The summed E-state index contributed by atoms with van der Waals surface area (Å²) in [7, 11) is 1.66. The molecule has 0 radical (unpaired) electrons. The molecule has 1 heterocycles. The van der Waals surface area contributed by atoms with E-state index in [1.165, 1.54) is 18.4 Å². The molecular weight excluding hydrogens is 539 g/mol. The van der Waals surface area contributed by atoms with E-state index < -0.39 is 0 Å². The third-order valence-corrected chi connectivity index (χ3v) is 7.77. The van der Waals surface area contributed by atoms with Gasteiger partial charge in [-0.25, -0.2) is 4.98 Å². The third-order valence-electron chi connectivity index (χ3n) is 5.92. The fourth-order valence-electron chi connectivity index (χ4n) is 4.03. The molecule has 1 atom stereocenters. The standard InChI is InChI=1S/C26H26BrClN2OS.ClH/c1-5-12-30(23(14-18-6-7-18)19-8-10-20(27)11-9-19)26-29-25(17(3)32-26)21-13-16(2)24(31-4)15-22(21)28;/h1,8-11,13,15,18,23H,6-7,12,14H2,2-4H3;1H/t23-;/m0./s1. The molecule has 0 N–H and O–H groups in total. The zero-order chi connectivity index (χ0) is 22.8. The Labute approximate surface area is 220 Å². The smallest absolute Gasteiger partial charge is 0.187 e. The summed E-state index contributed by atoms with van der Waals surface area (Å²) >= 11 is 11.9. The summed E-state index contributed by atoms with van der Waals surface area (Å²) in [5.41, 5.74) is 4.13. The number of halogens is 3. The summed E-state index contributed by atoms with van der Waals surface area (Å²) in [6.07, 6.45) is 9.49. The van der Waals surface area contributed by atoms with E-state index in [-0.39, 0.29) is 18.4 Å². The second kappa shape index (κ2) is 11.1. The molecular formula is C26H27BrCl2N2OS. The van der Waals surface area contributed by atoms with E-state index >= 15 is 0 Å². The molecule has 174 valence electrons. The van der Waals surface area contributed by atoms with Crippen molar-refractivity contribution in [3.8, 4) is 29.4 Å². The number of terminal acetylenes is 1. The average Bonchev–Trinajstić information content (AvgIpc) is 3.52. The Morgan fingerprint density at radius 3 is 2.58 bits per heavy atom. The summed E-state index contributed by atoms with van der Waals surface area (Å²) in [6.45, 7) is 4.62. The van der Waals surface area contributed by atoms with Crippen LogP contribution < -0.4 is 9.64 Å². The normalized spacial score (nSPS) is 13.7. The van der Waals surface area contributed by atoms with Crippen molar-refractivity contribution in [1.29, 1.82) is 0 Å².